The molecule has 0 bridgehead atoms. The van der Waals surface area contributed by atoms with Gasteiger partial charge < -0.3 is 15.4 Å². The molecule has 2 unspecified atom stereocenters. The quantitative estimate of drug-likeness (QED) is 0.717. The Balaban J connectivity index is 1.34. The fourth-order valence-electron chi connectivity index (χ4n) is 4.50. The average Bonchev–Trinajstić information content (AvgIpc) is 3.51. The van der Waals surface area contributed by atoms with Gasteiger partial charge in [0.25, 0.3) is 0 Å². The summed E-state index contributed by atoms with van der Waals surface area (Å²) in [7, 11) is 0. The minimum atomic E-state index is -0.432. The van der Waals surface area contributed by atoms with Gasteiger partial charge >= 0.3 is 5.97 Å². The van der Waals surface area contributed by atoms with Gasteiger partial charge in [0, 0.05) is 25.2 Å². The van der Waals surface area contributed by atoms with E-state index in [1.54, 1.807) is 6.07 Å². The maximum absolute atomic E-state index is 12.4. The zero-order valence-corrected chi connectivity index (χ0v) is 16.7. The summed E-state index contributed by atoms with van der Waals surface area (Å²) in [5, 5.41) is 8.41. The average molecular weight is 407 g/mol. The van der Waals surface area contributed by atoms with E-state index in [2.05, 4.69) is 32.1 Å². The SMILES string of the molecule is NC(=O)C1C2Cc3cc(C(=O)OCC4CC4)nnc3N2CCN1Cc1ccccc1. The van der Waals surface area contributed by atoms with Crippen molar-refractivity contribution in [1.29, 1.82) is 0 Å². The largest absolute Gasteiger partial charge is 0.461 e. The Labute approximate surface area is 175 Å². The lowest BCUT2D eigenvalue weighted by Gasteiger charge is -2.43. The molecule has 156 valence electrons. The molecule has 1 saturated heterocycles. The van der Waals surface area contributed by atoms with Crippen LogP contribution >= 0.6 is 0 Å². The van der Waals surface area contributed by atoms with E-state index in [1.165, 1.54) is 0 Å². The van der Waals surface area contributed by atoms with E-state index < -0.39 is 12.0 Å². The second-order valence-corrected chi connectivity index (χ2v) is 8.39. The van der Waals surface area contributed by atoms with Gasteiger partial charge in [-0.05, 0) is 36.8 Å². The number of benzene rings is 1. The number of amides is 1. The van der Waals surface area contributed by atoms with E-state index in [0.717, 1.165) is 36.3 Å². The van der Waals surface area contributed by atoms with Crippen molar-refractivity contribution < 1.29 is 14.3 Å². The van der Waals surface area contributed by atoms with Gasteiger partial charge in [-0.25, -0.2) is 4.79 Å². The van der Waals surface area contributed by atoms with E-state index in [9.17, 15) is 9.59 Å². The Morgan fingerprint density at radius 3 is 2.67 bits per heavy atom. The molecule has 3 aliphatic rings. The van der Waals surface area contributed by atoms with E-state index in [1.807, 2.05) is 18.2 Å². The number of ether oxygens (including phenoxy) is 1. The first kappa shape index (κ1) is 19.0. The molecule has 1 amide bonds. The number of anilines is 1. The number of piperazine rings is 1. The molecule has 2 aliphatic heterocycles. The summed E-state index contributed by atoms with van der Waals surface area (Å²) >= 11 is 0. The van der Waals surface area contributed by atoms with Gasteiger partial charge in [0.2, 0.25) is 5.91 Å². The molecule has 2 fully saturated rings. The highest BCUT2D eigenvalue weighted by molar-refractivity contribution is 5.88. The van der Waals surface area contributed by atoms with Crippen LogP contribution in [0, 0.1) is 5.92 Å². The topological polar surface area (TPSA) is 102 Å². The summed E-state index contributed by atoms with van der Waals surface area (Å²) in [4.78, 5) is 29.0. The molecule has 8 heteroatoms. The van der Waals surface area contributed by atoms with Gasteiger partial charge in [0.1, 0.15) is 6.04 Å². The molecule has 1 aromatic carbocycles. The molecule has 3 heterocycles. The van der Waals surface area contributed by atoms with Crippen molar-refractivity contribution in [3.05, 3.63) is 53.2 Å². The molecule has 30 heavy (non-hydrogen) atoms. The predicted molar refractivity (Wildman–Crippen MR) is 110 cm³/mol. The molecule has 2 atom stereocenters. The summed E-state index contributed by atoms with van der Waals surface area (Å²) < 4.78 is 5.34. The molecule has 5 rings (SSSR count). The van der Waals surface area contributed by atoms with Crippen molar-refractivity contribution in [1.82, 2.24) is 15.1 Å². The van der Waals surface area contributed by atoms with Crippen LogP contribution in [-0.4, -0.2) is 58.8 Å². The van der Waals surface area contributed by atoms with Crippen molar-refractivity contribution >= 4 is 17.7 Å². The third kappa shape index (κ3) is 3.63. The Morgan fingerprint density at radius 2 is 1.93 bits per heavy atom. The third-order valence-corrected chi connectivity index (χ3v) is 6.21. The fraction of sp³-hybridized carbons (Fsp3) is 0.455. The molecule has 2 aromatic rings. The van der Waals surface area contributed by atoms with Crippen LogP contribution in [0.5, 0.6) is 0 Å². The van der Waals surface area contributed by atoms with E-state index >= 15 is 0 Å². The van der Waals surface area contributed by atoms with Crippen LogP contribution in [0.4, 0.5) is 5.82 Å². The van der Waals surface area contributed by atoms with E-state index in [-0.39, 0.29) is 17.6 Å². The van der Waals surface area contributed by atoms with Crippen molar-refractivity contribution in [3.63, 3.8) is 0 Å². The maximum atomic E-state index is 12.4. The molecule has 1 aliphatic carbocycles. The molecule has 1 saturated carbocycles. The number of primary amides is 1. The second kappa shape index (κ2) is 7.68. The number of carbonyl (C=O) groups is 2. The fourth-order valence-corrected chi connectivity index (χ4v) is 4.50. The van der Waals surface area contributed by atoms with Crippen LogP contribution in [0.3, 0.4) is 0 Å². The molecule has 0 spiro atoms. The van der Waals surface area contributed by atoms with Crippen LogP contribution < -0.4 is 10.6 Å². The number of fused-ring (bicyclic) bond motifs is 3. The molecular weight excluding hydrogens is 382 g/mol. The van der Waals surface area contributed by atoms with Gasteiger partial charge in [-0.3, -0.25) is 9.69 Å². The van der Waals surface area contributed by atoms with Gasteiger partial charge in [-0.1, -0.05) is 30.3 Å². The molecular formula is C22H25N5O3. The first-order valence-corrected chi connectivity index (χ1v) is 10.5. The van der Waals surface area contributed by atoms with Crippen LogP contribution in [-0.2, 0) is 22.5 Å². The minimum Gasteiger partial charge on any atom is -0.461 e. The number of nitrogens with two attached hydrogens (primary N) is 1. The highest BCUT2D eigenvalue weighted by atomic mass is 16.5. The zero-order chi connectivity index (χ0) is 20.7. The highest BCUT2D eigenvalue weighted by Crippen LogP contribution is 2.36. The molecule has 2 N–H and O–H groups in total. The maximum Gasteiger partial charge on any atom is 0.358 e. The highest BCUT2D eigenvalue weighted by Gasteiger charge is 2.45. The Bertz CT molecular complexity index is 963. The number of carbonyl (C=O) groups excluding carboxylic acids is 2. The first-order chi connectivity index (χ1) is 14.6. The smallest absolute Gasteiger partial charge is 0.358 e. The van der Waals surface area contributed by atoms with Crippen LogP contribution in [0.2, 0.25) is 0 Å². The first-order valence-electron chi connectivity index (χ1n) is 10.5. The van der Waals surface area contributed by atoms with Gasteiger partial charge in [0.15, 0.2) is 11.5 Å². The minimum absolute atomic E-state index is 0.109. The standard InChI is InChI=1S/C22H25N5O3/c23-20(28)19-18-11-16-10-17(22(29)30-13-15-6-7-15)24-25-21(16)27(18)9-8-26(19)12-14-4-2-1-3-5-14/h1-5,10,15,18-19H,6-9,11-13H2,(H2,23,28). The Hall–Kier alpha value is -3.00. The molecule has 8 nitrogen and oxygen atoms in total. The van der Waals surface area contributed by atoms with Crippen LogP contribution in [0.15, 0.2) is 36.4 Å². The number of esters is 1. The Kier molecular flexibility index (Phi) is 4.86. The lowest BCUT2D eigenvalue weighted by atomic mass is 9.98. The second-order valence-electron chi connectivity index (χ2n) is 8.39. The van der Waals surface area contributed by atoms with Crippen molar-refractivity contribution in [2.75, 3.05) is 24.6 Å². The van der Waals surface area contributed by atoms with Crippen LogP contribution in [0.1, 0.15) is 34.5 Å². The zero-order valence-electron chi connectivity index (χ0n) is 16.7. The molecule has 1 aromatic heterocycles. The number of rotatable bonds is 6. The lowest BCUT2D eigenvalue weighted by Crippen LogP contribution is -2.63. The molecule has 0 radical (unpaired) electrons. The number of hydrogen-bond acceptors (Lipinski definition) is 7. The normalized spacial score (nSPS) is 23.0. The van der Waals surface area contributed by atoms with Crippen molar-refractivity contribution in [2.45, 2.75) is 37.9 Å². The Morgan fingerprint density at radius 1 is 1.13 bits per heavy atom. The number of hydrogen-bond donors (Lipinski definition) is 1. The summed E-state index contributed by atoms with van der Waals surface area (Å²) in [6.07, 6.45) is 2.84. The summed E-state index contributed by atoms with van der Waals surface area (Å²) in [5.41, 5.74) is 8.13. The predicted octanol–water partition coefficient (Wildman–Crippen LogP) is 1.14. The third-order valence-electron chi connectivity index (χ3n) is 6.21. The van der Waals surface area contributed by atoms with Gasteiger partial charge in [-0.15, -0.1) is 10.2 Å². The lowest BCUT2D eigenvalue weighted by molar-refractivity contribution is -0.124. The monoisotopic (exact) mass is 407 g/mol. The van der Waals surface area contributed by atoms with Crippen molar-refractivity contribution in [2.24, 2.45) is 11.7 Å². The van der Waals surface area contributed by atoms with E-state index in [0.29, 0.717) is 32.0 Å². The van der Waals surface area contributed by atoms with Crippen LogP contribution in [0.25, 0.3) is 0 Å². The van der Waals surface area contributed by atoms with E-state index in [4.69, 9.17) is 10.5 Å². The summed E-state index contributed by atoms with van der Waals surface area (Å²) in [6.45, 7) is 2.55. The number of aromatic nitrogens is 2. The van der Waals surface area contributed by atoms with Gasteiger partial charge in [-0.2, -0.15) is 0 Å². The van der Waals surface area contributed by atoms with Crippen molar-refractivity contribution in [3.8, 4) is 0 Å². The summed E-state index contributed by atoms with van der Waals surface area (Å²) in [5.74, 6) is 0.464. The van der Waals surface area contributed by atoms with Gasteiger partial charge in [0.05, 0.1) is 12.6 Å². The summed E-state index contributed by atoms with van der Waals surface area (Å²) in [6, 6.07) is 11.3. The number of nitrogens with zero attached hydrogens (tertiary/aromatic N) is 4.